The van der Waals surface area contributed by atoms with E-state index in [1.165, 1.54) is 5.56 Å². The molecule has 3 nitrogen and oxygen atoms in total. The zero-order valence-electron chi connectivity index (χ0n) is 14.1. The van der Waals surface area contributed by atoms with E-state index in [0.29, 0.717) is 22.4 Å². The molecule has 0 unspecified atom stereocenters. The van der Waals surface area contributed by atoms with Crippen LogP contribution in [0.2, 0.25) is 10.0 Å². The van der Waals surface area contributed by atoms with Gasteiger partial charge in [-0.05, 0) is 54.2 Å². The molecular weight excluding hydrogens is 385 g/mol. The molecule has 0 amide bonds. The largest absolute Gasteiger partial charge is 0.383 e. The molecule has 0 atom stereocenters. The van der Waals surface area contributed by atoms with E-state index < -0.39 is 0 Å². The van der Waals surface area contributed by atoms with Crippen LogP contribution in [0.25, 0.3) is 0 Å². The lowest BCUT2D eigenvalue weighted by Crippen LogP contribution is -2.17. The molecule has 3 N–H and O–H groups in total. The zero-order valence-corrected chi connectivity index (χ0v) is 16.4. The van der Waals surface area contributed by atoms with Crippen molar-refractivity contribution in [2.24, 2.45) is 10.7 Å². The molecule has 0 saturated carbocycles. The second kappa shape index (κ2) is 9.19. The van der Waals surface area contributed by atoms with Gasteiger partial charge in [0.25, 0.3) is 0 Å². The van der Waals surface area contributed by atoms with Crippen molar-refractivity contribution in [3.8, 4) is 0 Å². The first kappa shape index (κ1) is 18.9. The average Bonchev–Trinajstić information content (AvgIpc) is 3.17. The Bertz CT molecular complexity index is 854. The van der Waals surface area contributed by atoms with Gasteiger partial charge in [-0.25, -0.2) is 4.99 Å². The molecule has 0 bridgehead atoms. The molecule has 0 aliphatic rings. The molecular formula is C20H19Cl2N3S. The number of hydrogen-bond acceptors (Lipinski definition) is 3. The summed E-state index contributed by atoms with van der Waals surface area (Å²) in [5.74, 6) is 0.547. The fraction of sp³-hybridized carbons (Fsp3) is 0.150. The maximum absolute atomic E-state index is 6.17. The topological polar surface area (TPSA) is 50.4 Å². The Kier molecular flexibility index (Phi) is 6.69. The molecule has 3 rings (SSSR count). The Balaban J connectivity index is 1.51. The Morgan fingerprint density at radius 3 is 2.38 bits per heavy atom. The lowest BCUT2D eigenvalue weighted by molar-refractivity contribution is 0.687. The summed E-state index contributed by atoms with van der Waals surface area (Å²) >= 11 is 13.9. The summed E-state index contributed by atoms with van der Waals surface area (Å²) in [7, 11) is 0. The third-order valence-corrected chi connectivity index (χ3v) is 5.51. The van der Waals surface area contributed by atoms with Gasteiger partial charge in [-0.15, -0.1) is 11.3 Å². The van der Waals surface area contributed by atoms with Crippen molar-refractivity contribution in [2.75, 3.05) is 6.54 Å². The number of aliphatic imine (C=N–C) groups is 1. The summed E-state index contributed by atoms with van der Waals surface area (Å²) in [6.45, 7) is 1.49. The minimum atomic E-state index is 0.547. The number of halogens is 2. The van der Waals surface area contributed by atoms with E-state index in [1.54, 1.807) is 11.3 Å². The quantitative estimate of drug-likeness (QED) is 0.314. The highest BCUT2D eigenvalue weighted by Gasteiger charge is 2.04. The van der Waals surface area contributed by atoms with Crippen molar-refractivity contribution in [1.82, 2.24) is 5.32 Å². The van der Waals surface area contributed by atoms with Crippen molar-refractivity contribution in [3.63, 3.8) is 0 Å². The Morgan fingerprint density at radius 2 is 1.73 bits per heavy atom. The minimum Gasteiger partial charge on any atom is -0.383 e. The lowest BCUT2D eigenvalue weighted by atomic mass is 10.1. The normalized spacial score (nSPS) is 11.7. The number of amidine groups is 1. The lowest BCUT2D eigenvalue weighted by Gasteiger charge is -2.09. The van der Waals surface area contributed by atoms with Crippen LogP contribution in [0.4, 0.5) is 5.69 Å². The average molecular weight is 404 g/mol. The molecule has 0 saturated heterocycles. The Labute approximate surface area is 167 Å². The summed E-state index contributed by atoms with van der Waals surface area (Å²) in [6, 6.07) is 17.6. The molecule has 0 aliphatic carbocycles. The van der Waals surface area contributed by atoms with E-state index in [2.05, 4.69) is 22.4 Å². The van der Waals surface area contributed by atoms with E-state index >= 15 is 0 Å². The van der Waals surface area contributed by atoms with Crippen molar-refractivity contribution >= 4 is 46.1 Å². The number of rotatable bonds is 7. The molecule has 3 aromatic rings. The fourth-order valence-corrected chi connectivity index (χ4v) is 3.66. The van der Waals surface area contributed by atoms with E-state index in [4.69, 9.17) is 28.9 Å². The van der Waals surface area contributed by atoms with Crippen molar-refractivity contribution < 1.29 is 0 Å². The fourth-order valence-electron chi connectivity index (χ4n) is 2.50. The summed E-state index contributed by atoms with van der Waals surface area (Å²) in [6.07, 6.45) is 0.909. The highest BCUT2D eigenvalue weighted by atomic mass is 35.5. The van der Waals surface area contributed by atoms with Gasteiger partial charge in [-0.1, -0.05) is 47.5 Å². The number of nitrogens with two attached hydrogens (primary N) is 1. The second-order valence-corrected chi connectivity index (χ2v) is 7.53. The standard InChI is InChI=1S/C20H19Cl2N3S/c21-17-3-1-4-18(22)16(17)13-24-11-10-14-6-8-15(9-7-14)25-20(23)19-5-2-12-26-19/h1-9,12,24H,10-11,13H2,(H2,23,25). The first-order valence-corrected chi connectivity index (χ1v) is 9.87. The highest BCUT2D eigenvalue weighted by Crippen LogP contribution is 2.23. The van der Waals surface area contributed by atoms with Gasteiger partial charge in [0.1, 0.15) is 5.84 Å². The molecule has 134 valence electrons. The van der Waals surface area contributed by atoms with Crippen LogP contribution in [0.3, 0.4) is 0 Å². The number of hydrogen-bond donors (Lipinski definition) is 2. The maximum atomic E-state index is 6.17. The number of thiophene rings is 1. The Morgan fingerprint density at radius 1 is 1.00 bits per heavy atom. The molecule has 1 aromatic heterocycles. The molecule has 26 heavy (non-hydrogen) atoms. The summed E-state index contributed by atoms with van der Waals surface area (Å²) in [5, 5.41) is 6.75. The van der Waals surface area contributed by atoms with Crippen molar-refractivity contribution in [2.45, 2.75) is 13.0 Å². The van der Waals surface area contributed by atoms with Crippen LogP contribution >= 0.6 is 34.5 Å². The van der Waals surface area contributed by atoms with Crippen molar-refractivity contribution in [1.29, 1.82) is 0 Å². The predicted octanol–water partition coefficient (Wildman–Crippen LogP) is 5.42. The predicted molar refractivity (Wildman–Crippen MR) is 113 cm³/mol. The molecule has 6 heteroatoms. The second-order valence-electron chi connectivity index (χ2n) is 5.77. The van der Waals surface area contributed by atoms with Gasteiger partial charge >= 0.3 is 0 Å². The molecule has 2 aromatic carbocycles. The van der Waals surface area contributed by atoms with Crippen LogP contribution in [0.5, 0.6) is 0 Å². The van der Waals surface area contributed by atoms with Crippen LogP contribution < -0.4 is 11.1 Å². The van der Waals surface area contributed by atoms with Gasteiger partial charge in [-0.2, -0.15) is 0 Å². The molecule has 0 spiro atoms. The van der Waals surface area contributed by atoms with Crippen LogP contribution in [-0.4, -0.2) is 12.4 Å². The Hall–Kier alpha value is -1.85. The van der Waals surface area contributed by atoms with E-state index in [-0.39, 0.29) is 0 Å². The molecule has 0 aliphatic heterocycles. The van der Waals surface area contributed by atoms with Gasteiger partial charge in [0.15, 0.2) is 0 Å². The third kappa shape index (κ3) is 5.08. The molecule has 0 radical (unpaired) electrons. The first-order valence-electron chi connectivity index (χ1n) is 8.24. The summed E-state index contributed by atoms with van der Waals surface area (Å²) in [5.41, 5.74) is 9.04. The third-order valence-electron chi connectivity index (χ3n) is 3.91. The van der Waals surface area contributed by atoms with Gasteiger partial charge < -0.3 is 11.1 Å². The monoisotopic (exact) mass is 403 g/mol. The van der Waals surface area contributed by atoms with Crippen molar-refractivity contribution in [3.05, 3.63) is 86.0 Å². The van der Waals surface area contributed by atoms with Crippen LogP contribution in [0.15, 0.2) is 65.0 Å². The van der Waals surface area contributed by atoms with Crippen LogP contribution in [0, 0.1) is 0 Å². The van der Waals surface area contributed by atoms with E-state index in [0.717, 1.165) is 29.1 Å². The summed E-state index contributed by atoms with van der Waals surface area (Å²) < 4.78 is 0. The van der Waals surface area contributed by atoms with Crippen LogP contribution in [0.1, 0.15) is 16.0 Å². The zero-order chi connectivity index (χ0) is 18.4. The SMILES string of the molecule is NC(=Nc1ccc(CCNCc2c(Cl)cccc2Cl)cc1)c1cccs1. The van der Waals surface area contributed by atoms with Gasteiger partial charge in [0, 0.05) is 22.2 Å². The highest BCUT2D eigenvalue weighted by molar-refractivity contribution is 7.12. The molecule has 1 heterocycles. The van der Waals surface area contributed by atoms with E-state index in [9.17, 15) is 0 Å². The first-order chi connectivity index (χ1) is 12.6. The van der Waals surface area contributed by atoms with Gasteiger partial charge in [0.05, 0.1) is 10.6 Å². The van der Waals surface area contributed by atoms with Gasteiger partial charge in [-0.3, -0.25) is 0 Å². The number of benzene rings is 2. The number of nitrogens with one attached hydrogen (secondary N) is 1. The van der Waals surface area contributed by atoms with Crippen LogP contribution in [-0.2, 0) is 13.0 Å². The molecule has 0 fully saturated rings. The maximum Gasteiger partial charge on any atom is 0.141 e. The smallest absolute Gasteiger partial charge is 0.141 e. The summed E-state index contributed by atoms with van der Waals surface area (Å²) in [4.78, 5) is 5.44. The van der Waals surface area contributed by atoms with Gasteiger partial charge in [0.2, 0.25) is 0 Å². The van der Waals surface area contributed by atoms with E-state index in [1.807, 2.05) is 47.8 Å². The minimum absolute atomic E-state index is 0.547. The number of nitrogens with zero attached hydrogens (tertiary/aromatic N) is 1.